The predicted octanol–water partition coefficient (Wildman–Crippen LogP) is 2.20. The summed E-state index contributed by atoms with van der Waals surface area (Å²) in [5.74, 6) is -0.0550. The molecule has 1 rings (SSSR count). The van der Waals surface area contributed by atoms with E-state index in [9.17, 15) is 4.79 Å². The SMILES string of the molecule is [CH2]c1cccc(NC(=O)CBr)c1. The summed E-state index contributed by atoms with van der Waals surface area (Å²) in [6.07, 6.45) is 0. The Morgan fingerprint density at radius 3 is 2.92 bits per heavy atom. The highest BCUT2D eigenvalue weighted by Crippen LogP contribution is 2.09. The van der Waals surface area contributed by atoms with E-state index in [4.69, 9.17) is 0 Å². The first-order valence-electron chi connectivity index (χ1n) is 3.50. The number of halogens is 1. The van der Waals surface area contributed by atoms with Crippen molar-refractivity contribution in [3.63, 3.8) is 0 Å². The molecule has 2 nitrogen and oxygen atoms in total. The zero-order valence-electron chi connectivity index (χ0n) is 6.51. The van der Waals surface area contributed by atoms with Crippen LogP contribution >= 0.6 is 15.9 Å². The second-order valence-corrected chi connectivity index (χ2v) is 2.94. The van der Waals surface area contributed by atoms with Crippen LogP contribution < -0.4 is 5.32 Å². The Morgan fingerprint density at radius 2 is 2.33 bits per heavy atom. The molecule has 0 bridgehead atoms. The topological polar surface area (TPSA) is 29.1 Å². The summed E-state index contributed by atoms with van der Waals surface area (Å²) in [7, 11) is 0. The van der Waals surface area contributed by atoms with Gasteiger partial charge in [0.1, 0.15) is 0 Å². The number of anilines is 1. The summed E-state index contributed by atoms with van der Waals surface area (Å²) in [5.41, 5.74) is 1.68. The van der Waals surface area contributed by atoms with Crippen LogP contribution in [-0.2, 0) is 4.79 Å². The molecule has 0 aliphatic rings. The minimum absolute atomic E-state index is 0.0550. The van der Waals surface area contributed by atoms with E-state index in [-0.39, 0.29) is 5.91 Å². The molecule has 1 radical (unpaired) electrons. The van der Waals surface area contributed by atoms with E-state index in [0.717, 1.165) is 11.3 Å². The van der Waals surface area contributed by atoms with Gasteiger partial charge in [-0.25, -0.2) is 0 Å². The lowest BCUT2D eigenvalue weighted by Gasteiger charge is -2.02. The van der Waals surface area contributed by atoms with Crippen LogP contribution in [0.3, 0.4) is 0 Å². The Bertz CT molecular complexity index is 286. The van der Waals surface area contributed by atoms with E-state index in [1.165, 1.54) is 0 Å². The van der Waals surface area contributed by atoms with Crippen molar-refractivity contribution in [1.82, 2.24) is 0 Å². The van der Waals surface area contributed by atoms with Gasteiger partial charge >= 0.3 is 0 Å². The quantitative estimate of drug-likeness (QED) is 0.771. The van der Waals surface area contributed by atoms with Gasteiger partial charge in [-0.05, 0) is 24.6 Å². The highest BCUT2D eigenvalue weighted by molar-refractivity contribution is 9.09. The number of benzene rings is 1. The summed E-state index contributed by atoms with van der Waals surface area (Å²) in [6, 6.07) is 7.38. The van der Waals surface area contributed by atoms with Crippen molar-refractivity contribution in [2.75, 3.05) is 10.6 Å². The third kappa shape index (κ3) is 2.66. The molecule has 0 aliphatic heterocycles. The molecule has 0 saturated heterocycles. The predicted molar refractivity (Wildman–Crippen MR) is 53.3 cm³/mol. The van der Waals surface area contributed by atoms with E-state index in [2.05, 4.69) is 28.2 Å². The van der Waals surface area contributed by atoms with Crippen molar-refractivity contribution >= 4 is 27.5 Å². The minimum Gasteiger partial charge on any atom is -0.325 e. The van der Waals surface area contributed by atoms with Crippen LogP contribution in [0.1, 0.15) is 5.56 Å². The Morgan fingerprint density at radius 1 is 1.58 bits per heavy atom. The molecule has 1 aromatic carbocycles. The second kappa shape index (κ2) is 4.26. The standard InChI is InChI=1S/C9H9BrNO/c1-7-3-2-4-8(5-7)11-9(12)6-10/h2-5H,1,6H2,(H,11,12). The largest absolute Gasteiger partial charge is 0.325 e. The molecule has 0 aliphatic carbocycles. The number of carbonyl (C=O) groups excluding carboxylic acids is 1. The van der Waals surface area contributed by atoms with E-state index in [0.29, 0.717) is 5.33 Å². The maximum Gasteiger partial charge on any atom is 0.235 e. The van der Waals surface area contributed by atoms with Gasteiger partial charge < -0.3 is 5.32 Å². The highest BCUT2D eigenvalue weighted by atomic mass is 79.9. The van der Waals surface area contributed by atoms with Crippen LogP contribution in [0.15, 0.2) is 24.3 Å². The monoisotopic (exact) mass is 226 g/mol. The fourth-order valence-electron chi connectivity index (χ4n) is 0.843. The van der Waals surface area contributed by atoms with Crippen molar-refractivity contribution in [1.29, 1.82) is 0 Å². The molecule has 12 heavy (non-hydrogen) atoms. The molecule has 0 spiro atoms. The maximum absolute atomic E-state index is 10.9. The number of rotatable bonds is 2. The lowest BCUT2D eigenvalue weighted by molar-refractivity contribution is -0.113. The lowest BCUT2D eigenvalue weighted by Crippen LogP contribution is -2.12. The number of amides is 1. The molecule has 1 N–H and O–H groups in total. The van der Waals surface area contributed by atoms with Gasteiger partial charge in [0, 0.05) is 5.69 Å². The molecule has 0 aromatic heterocycles. The fraction of sp³-hybridized carbons (Fsp3) is 0.111. The molecule has 1 amide bonds. The molecule has 0 fully saturated rings. The number of alkyl halides is 1. The first kappa shape index (κ1) is 9.26. The van der Waals surface area contributed by atoms with Gasteiger partial charge in [-0.15, -0.1) is 0 Å². The van der Waals surface area contributed by atoms with Crippen LogP contribution in [0.2, 0.25) is 0 Å². The van der Waals surface area contributed by atoms with Crippen LogP contribution in [-0.4, -0.2) is 11.2 Å². The number of hydrogen-bond acceptors (Lipinski definition) is 1. The first-order chi connectivity index (χ1) is 5.72. The average molecular weight is 227 g/mol. The van der Waals surface area contributed by atoms with E-state index < -0.39 is 0 Å². The summed E-state index contributed by atoms with van der Waals surface area (Å²) in [5, 5.41) is 3.02. The average Bonchev–Trinajstić information content (AvgIpc) is 2.04. The third-order valence-corrected chi connectivity index (χ3v) is 1.84. The molecule has 0 heterocycles. The van der Waals surface area contributed by atoms with Crippen molar-refractivity contribution in [2.24, 2.45) is 0 Å². The Hall–Kier alpha value is -0.830. The van der Waals surface area contributed by atoms with Gasteiger partial charge in [0.15, 0.2) is 0 Å². The molecular weight excluding hydrogens is 218 g/mol. The van der Waals surface area contributed by atoms with E-state index >= 15 is 0 Å². The summed E-state index contributed by atoms with van der Waals surface area (Å²) < 4.78 is 0. The van der Waals surface area contributed by atoms with Crippen molar-refractivity contribution in [2.45, 2.75) is 0 Å². The van der Waals surface area contributed by atoms with Gasteiger partial charge in [0.25, 0.3) is 0 Å². The summed E-state index contributed by atoms with van der Waals surface area (Å²) >= 11 is 3.06. The summed E-state index contributed by atoms with van der Waals surface area (Å²) in [6.45, 7) is 3.75. The third-order valence-electron chi connectivity index (χ3n) is 1.33. The van der Waals surface area contributed by atoms with Crippen LogP contribution in [0.25, 0.3) is 0 Å². The Balaban J connectivity index is 2.69. The molecule has 0 unspecified atom stereocenters. The lowest BCUT2D eigenvalue weighted by atomic mass is 10.2. The van der Waals surface area contributed by atoms with Gasteiger partial charge in [-0.3, -0.25) is 4.79 Å². The summed E-state index contributed by atoms with van der Waals surface area (Å²) in [4.78, 5) is 10.9. The van der Waals surface area contributed by atoms with Crippen molar-refractivity contribution in [3.8, 4) is 0 Å². The first-order valence-corrected chi connectivity index (χ1v) is 4.62. The molecule has 3 heteroatoms. The zero-order valence-corrected chi connectivity index (χ0v) is 8.10. The minimum atomic E-state index is -0.0550. The molecule has 0 atom stereocenters. The number of carbonyl (C=O) groups is 1. The van der Waals surface area contributed by atoms with Crippen LogP contribution in [0, 0.1) is 6.92 Å². The fourth-order valence-corrected chi connectivity index (χ4v) is 0.984. The van der Waals surface area contributed by atoms with Crippen molar-refractivity contribution in [3.05, 3.63) is 36.8 Å². The second-order valence-electron chi connectivity index (χ2n) is 2.38. The van der Waals surface area contributed by atoms with E-state index in [1.807, 2.05) is 24.3 Å². The van der Waals surface area contributed by atoms with Crippen molar-refractivity contribution < 1.29 is 4.79 Å². The maximum atomic E-state index is 10.9. The Kier molecular flexibility index (Phi) is 3.29. The highest BCUT2D eigenvalue weighted by Gasteiger charge is 1.98. The molecular formula is C9H9BrNO. The molecule has 63 valence electrons. The van der Waals surface area contributed by atoms with Gasteiger partial charge in [-0.1, -0.05) is 28.1 Å². The Labute approximate surface area is 80.1 Å². The zero-order chi connectivity index (χ0) is 8.97. The number of hydrogen-bond donors (Lipinski definition) is 1. The molecule has 0 saturated carbocycles. The van der Waals surface area contributed by atoms with Crippen LogP contribution in [0.5, 0.6) is 0 Å². The van der Waals surface area contributed by atoms with Gasteiger partial charge in [0.2, 0.25) is 5.91 Å². The normalized spacial score (nSPS) is 9.50. The van der Waals surface area contributed by atoms with Gasteiger partial charge in [0.05, 0.1) is 5.33 Å². The van der Waals surface area contributed by atoms with E-state index in [1.54, 1.807) is 0 Å². The van der Waals surface area contributed by atoms with Gasteiger partial charge in [-0.2, -0.15) is 0 Å². The smallest absolute Gasteiger partial charge is 0.235 e. The van der Waals surface area contributed by atoms with Crippen LogP contribution in [0.4, 0.5) is 5.69 Å². The molecule has 1 aromatic rings. The number of nitrogens with one attached hydrogen (secondary N) is 1.